The molecule has 3 rings (SSSR count). The van der Waals surface area contributed by atoms with Gasteiger partial charge in [-0.1, -0.05) is 24.3 Å². The topological polar surface area (TPSA) is 148 Å². The summed E-state index contributed by atoms with van der Waals surface area (Å²) in [4.78, 5) is 30.4. The molecule has 10 nitrogen and oxygen atoms in total. The van der Waals surface area contributed by atoms with Crippen LogP contribution in [0, 0.1) is 0 Å². The molecule has 0 spiro atoms. The Balaban J connectivity index is 1.91. The van der Waals surface area contributed by atoms with Crippen molar-refractivity contribution in [2.75, 3.05) is 6.61 Å². The Kier molecular flexibility index (Phi) is 6.78. The van der Waals surface area contributed by atoms with Crippen molar-refractivity contribution in [3.05, 3.63) is 48.2 Å². The van der Waals surface area contributed by atoms with E-state index in [1.807, 2.05) is 12.1 Å². The number of aromatic nitrogens is 1. The Labute approximate surface area is 172 Å². The Morgan fingerprint density at radius 2 is 1.93 bits per heavy atom. The van der Waals surface area contributed by atoms with E-state index in [0.717, 1.165) is 5.39 Å². The lowest BCUT2D eigenvalue weighted by molar-refractivity contribution is -0.248. The summed E-state index contributed by atoms with van der Waals surface area (Å²) < 4.78 is 28.6. The summed E-state index contributed by atoms with van der Waals surface area (Å²) in [5, 5.41) is 22.1. The molecular weight excluding hydrogens is 417 g/mol. The maximum Gasteiger partial charge on any atom is 0.470 e. The van der Waals surface area contributed by atoms with Gasteiger partial charge in [0.05, 0.1) is 5.52 Å². The standard InChI is InChI=1S/C19H24NO9P/c1-3-11(2)19(23)27-10-14-15(21)17(29-30(24,25)26)16(22)18(28-14)20-9-8-12-6-4-5-7-13(12)20/h3-9,14-18,21-22H,10H2,1-2H3,(H2,24,25,26)/b11-3+/t14-,15-,16-,17+,18-/m1/s1. The number of phosphoric acid groups is 1. The molecule has 30 heavy (non-hydrogen) atoms. The summed E-state index contributed by atoms with van der Waals surface area (Å²) in [6, 6.07) is 9.02. The van der Waals surface area contributed by atoms with E-state index in [-0.39, 0.29) is 0 Å². The number of hydrogen-bond acceptors (Lipinski definition) is 7. The molecular formula is C19H24NO9P. The van der Waals surface area contributed by atoms with Gasteiger partial charge in [0.25, 0.3) is 0 Å². The van der Waals surface area contributed by atoms with Crippen molar-refractivity contribution < 1.29 is 43.4 Å². The molecule has 0 unspecified atom stereocenters. The van der Waals surface area contributed by atoms with Crippen molar-refractivity contribution >= 4 is 24.7 Å². The molecule has 5 atom stereocenters. The molecule has 1 saturated heterocycles. The fraction of sp³-hybridized carbons (Fsp3) is 0.421. The van der Waals surface area contributed by atoms with Gasteiger partial charge in [-0.15, -0.1) is 0 Å². The van der Waals surface area contributed by atoms with Crippen LogP contribution in [0.3, 0.4) is 0 Å². The van der Waals surface area contributed by atoms with Gasteiger partial charge in [-0.05, 0) is 31.4 Å². The number of hydrogen-bond donors (Lipinski definition) is 4. The second-order valence-electron chi connectivity index (χ2n) is 6.96. The van der Waals surface area contributed by atoms with Gasteiger partial charge in [0, 0.05) is 11.8 Å². The number of aliphatic hydroxyl groups is 2. The van der Waals surface area contributed by atoms with Crippen LogP contribution in [0.15, 0.2) is 48.2 Å². The van der Waals surface area contributed by atoms with Crippen LogP contribution >= 0.6 is 7.82 Å². The summed E-state index contributed by atoms with van der Waals surface area (Å²) in [7, 11) is -5.05. The molecule has 1 aromatic carbocycles. The normalized spacial score (nSPS) is 27.9. The number of para-hydroxylation sites is 1. The first kappa shape index (κ1) is 22.6. The molecule has 164 valence electrons. The molecule has 1 aliphatic rings. The van der Waals surface area contributed by atoms with Crippen molar-refractivity contribution in [1.29, 1.82) is 0 Å². The highest BCUT2D eigenvalue weighted by Gasteiger charge is 2.49. The molecule has 1 aromatic heterocycles. The Bertz CT molecular complexity index is 981. The highest BCUT2D eigenvalue weighted by Crippen LogP contribution is 2.43. The Hall–Kier alpha value is -2.04. The van der Waals surface area contributed by atoms with Gasteiger partial charge in [0.2, 0.25) is 0 Å². The minimum absolute atomic E-state index is 0.344. The number of carbonyl (C=O) groups is 1. The van der Waals surface area contributed by atoms with E-state index in [4.69, 9.17) is 9.47 Å². The van der Waals surface area contributed by atoms with Gasteiger partial charge < -0.3 is 34.0 Å². The second-order valence-corrected chi connectivity index (χ2v) is 8.15. The van der Waals surface area contributed by atoms with E-state index >= 15 is 0 Å². The molecule has 0 saturated carbocycles. The molecule has 0 bridgehead atoms. The SMILES string of the molecule is C/C=C(\C)C(=O)OC[C@H]1O[C@@H](n2ccc3ccccc32)[C@H](O)[C@@H](OP(=O)(O)O)[C@@H]1O. The van der Waals surface area contributed by atoms with Gasteiger partial charge >= 0.3 is 13.8 Å². The zero-order valence-electron chi connectivity index (χ0n) is 16.4. The number of phosphoric ester groups is 1. The first-order valence-corrected chi connectivity index (χ1v) is 10.8. The van der Waals surface area contributed by atoms with E-state index < -0.39 is 51.0 Å². The van der Waals surface area contributed by atoms with Crippen LogP contribution in [0.1, 0.15) is 20.1 Å². The van der Waals surface area contributed by atoms with E-state index in [9.17, 15) is 29.4 Å². The number of esters is 1. The number of benzene rings is 1. The third-order valence-electron chi connectivity index (χ3n) is 4.96. The number of allylic oxidation sites excluding steroid dienone is 1. The first-order valence-electron chi connectivity index (χ1n) is 9.23. The largest absolute Gasteiger partial charge is 0.470 e. The number of fused-ring (bicyclic) bond motifs is 1. The Morgan fingerprint density at radius 3 is 2.60 bits per heavy atom. The Morgan fingerprint density at radius 1 is 1.23 bits per heavy atom. The van der Waals surface area contributed by atoms with Crippen molar-refractivity contribution in [1.82, 2.24) is 4.57 Å². The maximum atomic E-state index is 11.9. The molecule has 1 aliphatic heterocycles. The predicted octanol–water partition coefficient (Wildman–Crippen LogP) is 1.25. The molecule has 11 heteroatoms. The summed E-state index contributed by atoms with van der Waals surface area (Å²) >= 11 is 0. The molecule has 0 aliphatic carbocycles. The first-order chi connectivity index (χ1) is 14.1. The zero-order valence-corrected chi connectivity index (χ0v) is 17.3. The van der Waals surface area contributed by atoms with Crippen LogP contribution in [0.2, 0.25) is 0 Å². The summed E-state index contributed by atoms with van der Waals surface area (Å²) in [5.74, 6) is -0.630. The molecule has 2 heterocycles. The molecule has 2 aromatic rings. The highest BCUT2D eigenvalue weighted by atomic mass is 31.2. The zero-order chi connectivity index (χ0) is 22.1. The number of rotatable bonds is 6. The molecule has 0 radical (unpaired) electrons. The van der Waals surface area contributed by atoms with Crippen molar-refractivity contribution in [2.45, 2.75) is 44.5 Å². The predicted molar refractivity (Wildman–Crippen MR) is 105 cm³/mol. The minimum atomic E-state index is -5.05. The maximum absolute atomic E-state index is 11.9. The van der Waals surface area contributed by atoms with Gasteiger partial charge in [0.1, 0.15) is 31.0 Å². The van der Waals surface area contributed by atoms with E-state index in [1.54, 1.807) is 48.9 Å². The monoisotopic (exact) mass is 441 g/mol. The van der Waals surface area contributed by atoms with Crippen molar-refractivity contribution in [3.8, 4) is 0 Å². The van der Waals surface area contributed by atoms with Crippen LogP contribution in [0.4, 0.5) is 0 Å². The molecule has 4 N–H and O–H groups in total. The van der Waals surface area contributed by atoms with Crippen LogP contribution in [-0.2, 0) is 23.4 Å². The number of nitrogens with zero attached hydrogens (tertiary/aromatic N) is 1. The second kappa shape index (κ2) is 8.99. The van der Waals surface area contributed by atoms with Gasteiger partial charge in [-0.2, -0.15) is 0 Å². The number of ether oxygens (including phenoxy) is 2. The lowest BCUT2D eigenvalue weighted by Gasteiger charge is -2.42. The average Bonchev–Trinajstić information content (AvgIpc) is 3.13. The lowest BCUT2D eigenvalue weighted by atomic mass is 9.98. The quantitative estimate of drug-likeness (QED) is 0.295. The minimum Gasteiger partial charge on any atom is -0.459 e. The summed E-state index contributed by atoms with van der Waals surface area (Å²) in [6.45, 7) is 2.81. The van der Waals surface area contributed by atoms with Gasteiger partial charge in [-0.25, -0.2) is 9.36 Å². The van der Waals surface area contributed by atoms with Crippen molar-refractivity contribution in [3.63, 3.8) is 0 Å². The molecule has 1 fully saturated rings. The van der Waals surface area contributed by atoms with Crippen molar-refractivity contribution in [2.24, 2.45) is 0 Å². The number of carbonyl (C=O) groups excluding carboxylic acids is 1. The molecule has 0 amide bonds. The van der Waals surface area contributed by atoms with E-state index in [1.165, 1.54) is 0 Å². The average molecular weight is 441 g/mol. The fourth-order valence-electron chi connectivity index (χ4n) is 3.28. The van der Waals surface area contributed by atoms with Crippen LogP contribution in [0.25, 0.3) is 10.9 Å². The summed E-state index contributed by atoms with van der Waals surface area (Å²) in [5.41, 5.74) is 1.03. The van der Waals surface area contributed by atoms with Gasteiger partial charge in [0.15, 0.2) is 6.23 Å². The summed E-state index contributed by atoms with van der Waals surface area (Å²) in [6.07, 6.45) is -4.13. The third-order valence-corrected chi connectivity index (χ3v) is 5.48. The fourth-order valence-corrected chi connectivity index (χ4v) is 3.85. The number of aliphatic hydroxyl groups excluding tert-OH is 2. The highest BCUT2D eigenvalue weighted by molar-refractivity contribution is 7.46. The third kappa shape index (κ3) is 4.81. The van der Waals surface area contributed by atoms with Crippen LogP contribution < -0.4 is 0 Å². The van der Waals surface area contributed by atoms with E-state index in [0.29, 0.717) is 11.1 Å². The smallest absolute Gasteiger partial charge is 0.459 e. The van der Waals surface area contributed by atoms with Gasteiger partial charge in [-0.3, -0.25) is 4.52 Å². The lowest BCUT2D eigenvalue weighted by Crippen LogP contribution is -2.57. The van der Waals surface area contributed by atoms with Crippen LogP contribution in [-0.4, -0.2) is 61.6 Å². The van der Waals surface area contributed by atoms with Crippen LogP contribution in [0.5, 0.6) is 0 Å². The van der Waals surface area contributed by atoms with E-state index in [2.05, 4.69) is 4.52 Å².